The Hall–Kier alpha value is -1.47. The molecule has 0 aromatic heterocycles. The van der Waals surface area contributed by atoms with Gasteiger partial charge in [-0.25, -0.2) is 4.39 Å². The van der Waals surface area contributed by atoms with E-state index in [1.54, 1.807) is 11.0 Å². The van der Waals surface area contributed by atoms with Crippen LogP contribution in [0.2, 0.25) is 0 Å². The smallest absolute Gasteiger partial charge is 0.308 e. The molecule has 2 rings (SSSR count). The lowest BCUT2D eigenvalue weighted by atomic mass is 9.99. The summed E-state index contributed by atoms with van der Waals surface area (Å²) < 4.78 is 14.2. The van der Waals surface area contributed by atoms with Crippen molar-refractivity contribution in [3.05, 3.63) is 28.5 Å². The van der Waals surface area contributed by atoms with Crippen LogP contribution in [0.25, 0.3) is 0 Å². The van der Waals surface area contributed by atoms with Crippen molar-refractivity contribution in [2.24, 2.45) is 11.8 Å². The van der Waals surface area contributed by atoms with E-state index >= 15 is 0 Å². The van der Waals surface area contributed by atoms with Crippen LogP contribution in [0.5, 0.6) is 0 Å². The van der Waals surface area contributed by atoms with Gasteiger partial charge in [-0.1, -0.05) is 22.9 Å². The molecular formula is C14H16BrFN2O3. The first-order chi connectivity index (χ1) is 9.86. The van der Waals surface area contributed by atoms with Gasteiger partial charge in [0.05, 0.1) is 18.2 Å². The molecule has 1 aliphatic rings. The predicted molar refractivity (Wildman–Crippen MR) is 79.5 cm³/mol. The number of halogens is 2. The molecule has 1 heterocycles. The Morgan fingerprint density at radius 1 is 1.48 bits per heavy atom. The standard InChI is InChI=1S/C14H16BrFN2O3/c1-8-5-18(6-10(8)14(20)21)7-13(19)17-12-3-2-9(15)4-11(12)16/h2-4,8,10H,5-7H2,1H3,(H,17,19)(H,20,21). The molecule has 0 spiro atoms. The van der Waals surface area contributed by atoms with Gasteiger partial charge in [0.15, 0.2) is 0 Å². The van der Waals surface area contributed by atoms with Gasteiger partial charge in [-0.15, -0.1) is 0 Å². The summed E-state index contributed by atoms with van der Waals surface area (Å²) in [5.41, 5.74) is 0.116. The SMILES string of the molecule is CC1CN(CC(=O)Nc2ccc(Br)cc2F)CC1C(=O)O. The molecule has 1 fully saturated rings. The minimum Gasteiger partial charge on any atom is -0.481 e. The number of aliphatic carboxylic acids is 1. The first kappa shape index (κ1) is 15.9. The summed E-state index contributed by atoms with van der Waals surface area (Å²) in [5.74, 6) is -2.17. The van der Waals surface area contributed by atoms with Gasteiger partial charge in [-0.3, -0.25) is 14.5 Å². The molecule has 2 unspecified atom stereocenters. The Morgan fingerprint density at radius 2 is 2.19 bits per heavy atom. The highest BCUT2D eigenvalue weighted by atomic mass is 79.9. The summed E-state index contributed by atoms with van der Waals surface area (Å²) in [6.45, 7) is 2.80. The molecule has 1 aromatic carbocycles. The highest BCUT2D eigenvalue weighted by molar-refractivity contribution is 9.10. The molecule has 1 amide bonds. The Bertz CT molecular complexity index is 567. The number of benzene rings is 1. The lowest BCUT2D eigenvalue weighted by molar-refractivity contribution is -0.142. The van der Waals surface area contributed by atoms with Crippen LogP contribution in [-0.2, 0) is 9.59 Å². The van der Waals surface area contributed by atoms with E-state index in [4.69, 9.17) is 5.11 Å². The number of carbonyl (C=O) groups is 2. The first-order valence-electron chi connectivity index (χ1n) is 6.57. The molecule has 5 nitrogen and oxygen atoms in total. The largest absolute Gasteiger partial charge is 0.481 e. The summed E-state index contributed by atoms with van der Waals surface area (Å²) in [4.78, 5) is 24.7. The molecule has 2 atom stereocenters. The van der Waals surface area contributed by atoms with Crippen LogP contribution in [0.15, 0.2) is 22.7 Å². The van der Waals surface area contributed by atoms with E-state index in [-0.39, 0.29) is 24.1 Å². The Morgan fingerprint density at radius 3 is 2.76 bits per heavy atom. The van der Waals surface area contributed by atoms with Gasteiger partial charge >= 0.3 is 5.97 Å². The van der Waals surface area contributed by atoms with E-state index in [0.29, 0.717) is 17.6 Å². The van der Waals surface area contributed by atoms with Crippen molar-refractivity contribution in [1.29, 1.82) is 0 Å². The molecule has 0 bridgehead atoms. The fourth-order valence-electron chi connectivity index (χ4n) is 2.50. The van der Waals surface area contributed by atoms with Crippen LogP contribution < -0.4 is 5.32 Å². The van der Waals surface area contributed by atoms with Crippen molar-refractivity contribution in [3.8, 4) is 0 Å². The Kier molecular flexibility index (Phi) is 4.95. The Labute approximate surface area is 130 Å². The molecule has 7 heteroatoms. The number of amides is 1. The molecule has 1 saturated heterocycles. The fraction of sp³-hybridized carbons (Fsp3) is 0.429. The van der Waals surface area contributed by atoms with Crippen LogP contribution in [0.4, 0.5) is 10.1 Å². The Balaban J connectivity index is 1.92. The minimum absolute atomic E-state index is 0.000262. The molecule has 1 aromatic rings. The number of nitrogens with zero attached hydrogens (tertiary/aromatic N) is 1. The van der Waals surface area contributed by atoms with Gasteiger partial charge in [0.1, 0.15) is 5.82 Å². The summed E-state index contributed by atoms with van der Waals surface area (Å²) in [7, 11) is 0. The van der Waals surface area contributed by atoms with E-state index in [0.717, 1.165) is 0 Å². The van der Waals surface area contributed by atoms with Gasteiger partial charge in [0, 0.05) is 17.6 Å². The highest BCUT2D eigenvalue weighted by Crippen LogP contribution is 2.23. The second kappa shape index (κ2) is 6.53. The number of likely N-dealkylation sites (tertiary alicyclic amines) is 1. The average molecular weight is 359 g/mol. The van der Waals surface area contributed by atoms with Crippen LogP contribution in [0, 0.1) is 17.7 Å². The zero-order valence-corrected chi connectivity index (χ0v) is 13.1. The van der Waals surface area contributed by atoms with E-state index in [1.807, 2.05) is 6.92 Å². The summed E-state index contributed by atoms with van der Waals surface area (Å²) in [6.07, 6.45) is 0. The molecule has 0 aliphatic carbocycles. The quantitative estimate of drug-likeness (QED) is 0.865. The number of hydrogen-bond donors (Lipinski definition) is 2. The lowest BCUT2D eigenvalue weighted by Crippen LogP contribution is -2.32. The van der Waals surface area contributed by atoms with Crippen LogP contribution in [0.1, 0.15) is 6.92 Å². The van der Waals surface area contributed by atoms with Crippen molar-refractivity contribution in [3.63, 3.8) is 0 Å². The average Bonchev–Trinajstić information content (AvgIpc) is 2.74. The van der Waals surface area contributed by atoms with Crippen LogP contribution in [0.3, 0.4) is 0 Å². The summed E-state index contributed by atoms with van der Waals surface area (Å²) in [5, 5.41) is 11.6. The first-order valence-corrected chi connectivity index (χ1v) is 7.36. The van der Waals surface area contributed by atoms with Crippen molar-refractivity contribution >= 4 is 33.5 Å². The third-order valence-corrected chi connectivity index (χ3v) is 4.07. The second-order valence-electron chi connectivity index (χ2n) is 5.29. The van der Waals surface area contributed by atoms with E-state index in [1.165, 1.54) is 12.1 Å². The van der Waals surface area contributed by atoms with Gasteiger partial charge < -0.3 is 10.4 Å². The third-order valence-electron chi connectivity index (χ3n) is 3.58. The zero-order chi connectivity index (χ0) is 15.6. The highest BCUT2D eigenvalue weighted by Gasteiger charge is 2.35. The molecule has 0 saturated carbocycles. The number of carboxylic acids is 1. The normalized spacial score (nSPS) is 22.2. The molecule has 2 N–H and O–H groups in total. The zero-order valence-electron chi connectivity index (χ0n) is 11.5. The van der Waals surface area contributed by atoms with Crippen molar-refractivity contribution in [2.45, 2.75) is 6.92 Å². The number of rotatable bonds is 4. The van der Waals surface area contributed by atoms with Crippen molar-refractivity contribution in [1.82, 2.24) is 4.90 Å². The van der Waals surface area contributed by atoms with E-state index in [9.17, 15) is 14.0 Å². The maximum Gasteiger partial charge on any atom is 0.308 e. The van der Waals surface area contributed by atoms with E-state index in [2.05, 4.69) is 21.2 Å². The van der Waals surface area contributed by atoms with Crippen molar-refractivity contribution in [2.75, 3.05) is 25.0 Å². The maximum atomic E-state index is 13.6. The summed E-state index contributed by atoms with van der Waals surface area (Å²) in [6, 6.07) is 4.38. The molecular weight excluding hydrogens is 343 g/mol. The maximum absolute atomic E-state index is 13.6. The van der Waals surface area contributed by atoms with Gasteiger partial charge in [-0.2, -0.15) is 0 Å². The number of carboxylic acid groups (broad SMARTS) is 1. The van der Waals surface area contributed by atoms with E-state index < -0.39 is 17.7 Å². The van der Waals surface area contributed by atoms with Gasteiger partial charge in [0.25, 0.3) is 0 Å². The number of carbonyl (C=O) groups excluding carboxylic acids is 1. The molecule has 1 aliphatic heterocycles. The van der Waals surface area contributed by atoms with Gasteiger partial charge in [0.2, 0.25) is 5.91 Å². The second-order valence-corrected chi connectivity index (χ2v) is 6.20. The molecule has 0 radical (unpaired) electrons. The monoisotopic (exact) mass is 358 g/mol. The fourth-order valence-corrected chi connectivity index (χ4v) is 2.83. The topological polar surface area (TPSA) is 69.6 Å². The van der Waals surface area contributed by atoms with Gasteiger partial charge in [-0.05, 0) is 24.1 Å². The summed E-state index contributed by atoms with van der Waals surface area (Å²) >= 11 is 3.14. The number of hydrogen-bond acceptors (Lipinski definition) is 3. The molecule has 21 heavy (non-hydrogen) atoms. The van der Waals surface area contributed by atoms with Crippen LogP contribution >= 0.6 is 15.9 Å². The number of nitrogens with one attached hydrogen (secondary N) is 1. The number of anilines is 1. The minimum atomic E-state index is -0.843. The third kappa shape index (κ3) is 4.01. The predicted octanol–water partition coefficient (Wildman–Crippen LogP) is 2.18. The van der Waals surface area contributed by atoms with Crippen LogP contribution in [-0.4, -0.2) is 41.5 Å². The lowest BCUT2D eigenvalue weighted by Gasteiger charge is -2.15. The van der Waals surface area contributed by atoms with Crippen molar-refractivity contribution < 1.29 is 19.1 Å². The molecule has 114 valence electrons.